The van der Waals surface area contributed by atoms with E-state index in [-0.39, 0.29) is 12.5 Å². The number of benzene rings is 2. The first-order valence-corrected chi connectivity index (χ1v) is 6.51. The summed E-state index contributed by atoms with van der Waals surface area (Å²) >= 11 is 0. The average molecular weight is 271 g/mol. The molecule has 2 aromatic rings. The molecule has 0 aliphatic rings. The van der Waals surface area contributed by atoms with Gasteiger partial charge in [0.25, 0.3) is 0 Å². The molecule has 0 heterocycles. The molecule has 0 radical (unpaired) electrons. The summed E-state index contributed by atoms with van der Waals surface area (Å²) in [7, 11) is 0. The first-order chi connectivity index (χ1) is 9.79. The van der Waals surface area contributed by atoms with Crippen LogP contribution in [0.1, 0.15) is 6.92 Å². The summed E-state index contributed by atoms with van der Waals surface area (Å²) in [5.41, 5.74) is 0.754. The lowest BCUT2D eigenvalue weighted by molar-refractivity contribution is -0.140. The quantitative estimate of drug-likeness (QED) is 0.817. The maximum Gasteiger partial charge on any atom is 0.325 e. The molecular formula is C16H17NO3. The lowest BCUT2D eigenvalue weighted by atomic mass is 10.3. The molecule has 0 spiro atoms. The molecular weight excluding hydrogens is 254 g/mol. The molecule has 0 aliphatic carbocycles. The van der Waals surface area contributed by atoms with Crippen molar-refractivity contribution in [3.8, 4) is 11.5 Å². The van der Waals surface area contributed by atoms with E-state index >= 15 is 0 Å². The molecule has 0 fully saturated rings. The lowest BCUT2D eigenvalue weighted by Crippen LogP contribution is -2.16. The number of carbonyl (C=O) groups excluding carboxylic acids is 1. The van der Waals surface area contributed by atoms with Crippen molar-refractivity contribution < 1.29 is 14.3 Å². The van der Waals surface area contributed by atoms with Gasteiger partial charge in [0.15, 0.2) is 5.75 Å². The highest BCUT2D eigenvalue weighted by Gasteiger charge is 2.06. The number of anilines is 1. The number of esters is 1. The third-order valence-corrected chi connectivity index (χ3v) is 2.59. The van der Waals surface area contributed by atoms with Crippen molar-refractivity contribution in [3.05, 3.63) is 54.6 Å². The molecule has 2 aromatic carbocycles. The van der Waals surface area contributed by atoms with E-state index in [1.807, 2.05) is 54.6 Å². The van der Waals surface area contributed by atoms with Crippen LogP contribution in [0.4, 0.5) is 5.69 Å². The average Bonchev–Trinajstić information content (AvgIpc) is 2.48. The van der Waals surface area contributed by atoms with Gasteiger partial charge in [0, 0.05) is 0 Å². The summed E-state index contributed by atoms with van der Waals surface area (Å²) in [6.45, 7) is 2.27. The van der Waals surface area contributed by atoms with Crippen LogP contribution in [0.25, 0.3) is 0 Å². The van der Waals surface area contributed by atoms with E-state index in [4.69, 9.17) is 9.47 Å². The van der Waals surface area contributed by atoms with Gasteiger partial charge in [0.05, 0.1) is 12.3 Å². The predicted molar refractivity (Wildman–Crippen MR) is 78.1 cm³/mol. The van der Waals surface area contributed by atoms with E-state index in [9.17, 15) is 4.79 Å². The van der Waals surface area contributed by atoms with Gasteiger partial charge in [-0.15, -0.1) is 0 Å². The molecule has 104 valence electrons. The van der Waals surface area contributed by atoms with Crippen LogP contribution < -0.4 is 10.1 Å². The first-order valence-electron chi connectivity index (χ1n) is 6.51. The number of para-hydroxylation sites is 3. The normalized spacial score (nSPS) is 9.85. The smallest absolute Gasteiger partial charge is 0.325 e. The minimum atomic E-state index is -0.290. The Balaban J connectivity index is 2.04. The first kappa shape index (κ1) is 13.9. The van der Waals surface area contributed by atoms with Gasteiger partial charge in [-0.05, 0) is 31.2 Å². The Morgan fingerprint density at radius 3 is 2.50 bits per heavy atom. The van der Waals surface area contributed by atoms with E-state index in [0.29, 0.717) is 12.4 Å². The SMILES string of the molecule is CCOC(=O)CNc1ccccc1Oc1ccccc1. The molecule has 20 heavy (non-hydrogen) atoms. The van der Waals surface area contributed by atoms with Gasteiger partial charge in [-0.1, -0.05) is 30.3 Å². The van der Waals surface area contributed by atoms with E-state index in [1.54, 1.807) is 6.92 Å². The molecule has 2 rings (SSSR count). The highest BCUT2D eigenvalue weighted by molar-refractivity contribution is 5.76. The lowest BCUT2D eigenvalue weighted by Gasteiger charge is -2.12. The second-order valence-corrected chi connectivity index (χ2v) is 4.07. The van der Waals surface area contributed by atoms with Crippen LogP contribution >= 0.6 is 0 Å². The summed E-state index contributed by atoms with van der Waals surface area (Å²) in [6, 6.07) is 17.0. The van der Waals surface area contributed by atoms with Crippen LogP contribution in [0.5, 0.6) is 11.5 Å². The van der Waals surface area contributed by atoms with Crippen LogP contribution in [-0.4, -0.2) is 19.1 Å². The number of rotatable bonds is 6. The van der Waals surface area contributed by atoms with E-state index in [1.165, 1.54) is 0 Å². The van der Waals surface area contributed by atoms with Crippen molar-refractivity contribution in [1.29, 1.82) is 0 Å². The zero-order valence-electron chi connectivity index (χ0n) is 11.3. The Kier molecular flexibility index (Phi) is 5.00. The van der Waals surface area contributed by atoms with E-state index in [0.717, 1.165) is 11.4 Å². The molecule has 4 heteroatoms. The van der Waals surface area contributed by atoms with Gasteiger partial charge in [0.2, 0.25) is 0 Å². The molecule has 0 unspecified atom stereocenters. The summed E-state index contributed by atoms with van der Waals surface area (Å²) in [6.07, 6.45) is 0. The molecule has 0 amide bonds. The van der Waals surface area contributed by atoms with E-state index in [2.05, 4.69) is 5.32 Å². The van der Waals surface area contributed by atoms with Crippen molar-refractivity contribution in [2.45, 2.75) is 6.92 Å². The van der Waals surface area contributed by atoms with Crippen molar-refractivity contribution in [3.63, 3.8) is 0 Å². The van der Waals surface area contributed by atoms with Crippen molar-refractivity contribution in [1.82, 2.24) is 0 Å². The molecule has 1 N–H and O–H groups in total. The zero-order chi connectivity index (χ0) is 14.2. The minimum Gasteiger partial charge on any atom is -0.465 e. The second-order valence-electron chi connectivity index (χ2n) is 4.07. The fourth-order valence-electron chi connectivity index (χ4n) is 1.70. The Labute approximate surface area is 118 Å². The Morgan fingerprint density at radius 1 is 1.05 bits per heavy atom. The predicted octanol–water partition coefficient (Wildman–Crippen LogP) is 3.45. The Hall–Kier alpha value is -2.49. The maximum absolute atomic E-state index is 11.4. The molecule has 0 atom stereocenters. The topological polar surface area (TPSA) is 47.6 Å². The molecule has 0 bridgehead atoms. The van der Waals surface area contributed by atoms with Gasteiger partial charge in [0.1, 0.15) is 12.3 Å². The van der Waals surface area contributed by atoms with Gasteiger partial charge >= 0.3 is 5.97 Å². The van der Waals surface area contributed by atoms with Crippen LogP contribution in [0, 0.1) is 0 Å². The van der Waals surface area contributed by atoms with Crippen molar-refractivity contribution >= 4 is 11.7 Å². The molecule has 0 aromatic heterocycles. The van der Waals surface area contributed by atoms with Crippen LogP contribution in [0.2, 0.25) is 0 Å². The maximum atomic E-state index is 11.4. The van der Waals surface area contributed by atoms with E-state index < -0.39 is 0 Å². The number of nitrogens with one attached hydrogen (secondary N) is 1. The summed E-state index contributed by atoms with van der Waals surface area (Å²) < 4.78 is 10.7. The number of carbonyl (C=O) groups is 1. The highest BCUT2D eigenvalue weighted by Crippen LogP contribution is 2.28. The van der Waals surface area contributed by atoms with Crippen LogP contribution in [-0.2, 0) is 9.53 Å². The van der Waals surface area contributed by atoms with Crippen LogP contribution in [0.15, 0.2) is 54.6 Å². The summed E-state index contributed by atoms with van der Waals surface area (Å²) in [4.78, 5) is 11.4. The summed E-state index contributed by atoms with van der Waals surface area (Å²) in [5.74, 6) is 1.13. The Morgan fingerprint density at radius 2 is 1.75 bits per heavy atom. The fraction of sp³-hybridized carbons (Fsp3) is 0.188. The molecule has 4 nitrogen and oxygen atoms in total. The van der Waals surface area contributed by atoms with Crippen LogP contribution in [0.3, 0.4) is 0 Å². The standard InChI is InChI=1S/C16H17NO3/c1-2-19-16(18)12-17-14-10-6-7-11-15(14)20-13-8-4-3-5-9-13/h3-11,17H,2,12H2,1H3. The number of ether oxygens (including phenoxy) is 2. The monoisotopic (exact) mass is 271 g/mol. The Bertz CT molecular complexity index is 555. The molecule has 0 aliphatic heterocycles. The largest absolute Gasteiger partial charge is 0.465 e. The van der Waals surface area contributed by atoms with Gasteiger partial charge < -0.3 is 14.8 Å². The zero-order valence-corrected chi connectivity index (χ0v) is 11.3. The third kappa shape index (κ3) is 4.02. The van der Waals surface area contributed by atoms with Crippen molar-refractivity contribution in [2.24, 2.45) is 0 Å². The van der Waals surface area contributed by atoms with Crippen molar-refractivity contribution in [2.75, 3.05) is 18.5 Å². The summed E-state index contributed by atoms with van der Waals surface area (Å²) in [5, 5.41) is 3.02. The number of hydrogen-bond donors (Lipinski definition) is 1. The van der Waals surface area contributed by atoms with Gasteiger partial charge in [-0.2, -0.15) is 0 Å². The third-order valence-electron chi connectivity index (χ3n) is 2.59. The van der Waals surface area contributed by atoms with Gasteiger partial charge in [-0.3, -0.25) is 4.79 Å². The molecule has 0 saturated heterocycles. The minimum absolute atomic E-state index is 0.114. The van der Waals surface area contributed by atoms with Gasteiger partial charge in [-0.25, -0.2) is 0 Å². The molecule has 0 saturated carbocycles. The second kappa shape index (κ2) is 7.19. The fourth-order valence-corrected chi connectivity index (χ4v) is 1.70. The number of hydrogen-bond acceptors (Lipinski definition) is 4. The highest BCUT2D eigenvalue weighted by atomic mass is 16.5.